The summed E-state index contributed by atoms with van der Waals surface area (Å²) in [7, 11) is 1.61. The van der Waals surface area contributed by atoms with Crippen LogP contribution in [0.4, 0.5) is 5.13 Å². The highest BCUT2D eigenvalue weighted by Gasteiger charge is 2.10. The van der Waals surface area contributed by atoms with Crippen LogP contribution in [0.1, 0.15) is 13.3 Å². The van der Waals surface area contributed by atoms with Gasteiger partial charge < -0.3 is 15.2 Å². The van der Waals surface area contributed by atoms with Crippen molar-refractivity contribution < 1.29 is 9.47 Å². The van der Waals surface area contributed by atoms with Crippen molar-refractivity contribution in [2.75, 3.05) is 19.5 Å². The fourth-order valence-electron chi connectivity index (χ4n) is 1.49. The molecule has 0 saturated heterocycles. The molecule has 1 heterocycles. The molecule has 2 aromatic rings. The Hall–Kier alpha value is -1.82. The minimum absolute atomic E-state index is 0.454. The van der Waals surface area contributed by atoms with E-state index in [9.17, 15) is 0 Å². The van der Waals surface area contributed by atoms with E-state index >= 15 is 0 Å². The molecule has 0 aliphatic heterocycles. The van der Waals surface area contributed by atoms with E-state index in [1.54, 1.807) is 7.11 Å². The first-order valence-electron chi connectivity index (χ1n) is 5.65. The van der Waals surface area contributed by atoms with Crippen molar-refractivity contribution in [3.63, 3.8) is 0 Å². The zero-order chi connectivity index (χ0) is 13.0. The van der Waals surface area contributed by atoms with Crippen LogP contribution < -0.4 is 15.2 Å². The molecule has 1 aromatic heterocycles. The molecule has 0 radical (unpaired) electrons. The monoisotopic (exact) mass is 265 g/mol. The number of rotatable bonds is 5. The molecule has 18 heavy (non-hydrogen) atoms. The molecule has 0 aliphatic carbocycles. The Balaban J connectivity index is 2.29. The van der Waals surface area contributed by atoms with Gasteiger partial charge in [0, 0.05) is 17.1 Å². The predicted octanol–water partition coefficient (Wildman–Crippen LogP) is 2.58. The number of nitrogens with two attached hydrogens (primary N) is 1. The smallest absolute Gasteiger partial charge is 0.200 e. The first-order chi connectivity index (χ1) is 8.74. The normalized spacial score (nSPS) is 10.3. The van der Waals surface area contributed by atoms with Crippen molar-refractivity contribution >= 4 is 16.7 Å². The lowest BCUT2D eigenvalue weighted by molar-refractivity contribution is 0.294. The Morgan fingerprint density at radius 2 is 2.17 bits per heavy atom. The van der Waals surface area contributed by atoms with Crippen molar-refractivity contribution in [3.8, 4) is 22.9 Å². The van der Waals surface area contributed by atoms with E-state index in [1.165, 1.54) is 11.5 Å². The van der Waals surface area contributed by atoms with E-state index in [2.05, 4.69) is 16.3 Å². The Morgan fingerprint density at radius 1 is 1.33 bits per heavy atom. The van der Waals surface area contributed by atoms with E-state index in [1.807, 2.05) is 18.2 Å². The van der Waals surface area contributed by atoms with Gasteiger partial charge in [-0.25, -0.2) is 0 Å². The van der Waals surface area contributed by atoms with Gasteiger partial charge in [-0.3, -0.25) is 0 Å². The Labute approximate surface area is 110 Å². The maximum atomic E-state index is 5.59. The largest absolute Gasteiger partial charge is 0.493 e. The van der Waals surface area contributed by atoms with Gasteiger partial charge in [-0.15, -0.1) is 0 Å². The lowest BCUT2D eigenvalue weighted by Crippen LogP contribution is -1.98. The molecule has 0 bridgehead atoms. The second kappa shape index (κ2) is 5.68. The third kappa shape index (κ3) is 2.70. The zero-order valence-electron chi connectivity index (χ0n) is 10.3. The highest BCUT2D eigenvalue weighted by Crippen LogP contribution is 2.32. The molecule has 1 aromatic carbocycles. The molecular weight excluding hydrogens is 250 g/mol. The van der Waals surface area contributed by atoms with Crippen LogP contribution in [0.5, 0.6) is 11.5 Å². The molecule has 0 amide bonds. The molecule has 2 N–H and O–H groups in total. The summed E-state index contributed by atoms with van der Waals surface area (Å²) in [6.07, 6.45) is 0.953. The molecule has 0 unspecified atom stereocenters. The van der Waals surface area contributed by atoms with Gasteiger partial charge in [0.25, 0.3) is 0 Å². The minimum atomic E-state index is 0.454. The van der Waals surface area contributed by atoms with Crippen LogP contribution in [-0.4, -0.2) is 23.1 Å². The first kappa shape index (κ1) is 12.6. The maximum Gasteiger partial charge on any atom is 0.200 e. The summed E-state index contributed by atoms with van der Waals surface area (Å²) >= 11 is 1.18. The molecule has 0 atom stereocenters. The van der Waals surface area contributed by atoms with E-state index in [-0.39, 0.29) is 0 Å². The second-order valence-corrected chi connectivity index (χ2v) is 4.45. The average molecular weight is 265 g/mol. The highest BCUT2D eigenvalue weighted by molar-refractivity contribution is 7.09. The molecule has 6 heteroatoms. The van der Waals surface area contributed by atoms with Crippen LogP contribution in [0.2, 0.25) is 0 Å². The van der Waals surface area contributed by atoms with Crippen molar-refractivity contribution in [1.82, 2.24) is 9.36 Å². The van der Waals surface area contributed by atoms with Gasteiger partial charge in [-0.1, -0.05) is 6.92 Å². The fraction of sp³-hybridized carbons (Fsp3) is 0.333. The Bertz CT molecular complexity index is 528. The van der Waals surface area contributed by atoms with Gasteiger partial charge in [0.05, 0.1) is 13.7 Å². The summed E-state index contributed by atoms with van der Waals surface area (Å²) in [6, 6.07) is 5.61. The highest BCUT2D eigenvalue weighted by atomic mass is 32.1. The SMILES string of the molecule is CCCOc1ccc(-c2nsc(N)n2)cc1OC. The van der Waals surface area contributed by atoms with Crippen LogP contribution in [-0.2, 0) is 0 Å². The van der Waals surface area contributed by atoms with Gasteiger partial charge in [-0.05, 0) is 24.6 Å². The lowest BCUT2D eigenvalue weighted by Gasteiger charge is -2.10. The van der Waals surface area contributed by atoms with Crippen LogP contribution in [0.15, 0.2) is 18.2 Å². The number of hydrogen-bond donors (Lipinski definition) is 1. The predicted molar refractivity (Wildman–Crippen MR) is 72.1 cm³/mol. The zero-order valence-corrected chi connectivity index (χ0v) is 11.2. The first-order valence-corrected chi connectivity index (χ1v) is 6.42. The minimum Gasteiger partial charge on any atom is -0.493 e. The summed E-state index contributed by atoms with van der Waals surface area (Å²) in [5.41, 5.74) is 6.44. The summed E-state index contributed by atoms with van der Waals surface area (Å²) in [4.78, 5) is 4.14. The number of hydrogen-bond acceptors (Lipinski definition) is 6. The molecule has 96 valence electrons. The molecule has 0 aliphatic rings. The van der Waals surface area contributed by atoms with Gasteiger partial charge in [0.2, 0.25) is 0 Å². The third-order valence-electron chi connectivity index (χ3n) is 2.33. The van der Waals surface area contributed by atoms with Crippen LogP contribution in [0.25, 0.3) is 11.4 Å². The number of nitrogens with zero attached hydrogens (tertiary/aromatic N) is 2. The summed E-state index contributed by atoms with van der Waals surface area (Å²) in [5, 5.41) is 0.454. The van der Waals surface area contributed by atoms with Gasteiger partial charge in [0.1, 0.15) is 0 Å². The number of ether oxygens (including phenoxy) is 2. The number of methoxy groups -OCH3 is 1. The Morgan fingerprint density at radius 3 is 2.78 bits per heavy atom. The van der Waals surface area contributed by atoms with E-state index in [4.69, 9.17) is 15.2 Å². The lowest BCUT2D eigenvalue weighted by atomic mass is 10.2. The number of nitrogen functional groups attached to an aromatic ring is 1. The molecule has 5 nitrogen and oxygen atoms in total. The van der Waals surface area contributed by atoms with Gasteiger partial charge in [-0.2, -0.15) is 9.36 Å². The molecule has 0 spiro atoms. The molecule has 0 saturated carbocycles. The van der Waals surface area contributed by atoms with Gasteiger partial charge in [0.15, 0.2) is 22.5 Å². The van der Waals surface area contributed by atoms with Crippen molar-refractivity contribution in [2.24, 2.45) is 0 Å². The summed E-state index contributed by atoms with van der Waals surface area (Å²) in [5.74, 6) is 2.01. The third-order valence-corrected chi connectivity index (χ3v) is 2.87. The molecular formula is C12H15N3O2S. The average Bonchev–Trinajstić information content (AvgIpc) is 2.83. The van der Waals surface area contributed by atoms with Crippen molar-refractivity contribution in [1.29, 1.82) is 0 Å². The Kier molecular flexibility index (Phi) is 3.99. The fourth-order valence-corrected chi connectivity index (χ4v) is 1.94. The number of benzene rings is 1. The topological polar surface area (TPSA) is 70.3 Å². The number of anilines is 1. The number of aromatic nitrogens is 2. The summed E-state index contributed by atoms with van der Waals surface area (Å²) < 4.78 is 15.1. The standard InChI is InChI=1S/C12H15N3O2S/c1-3-6-17-9-5-4-8(7-10(9)16-2)11-14-12(13)18-15-11/h4-5,7H,3,6H2,1-2H3,(H2,13,14,15). The van der Waals surface area contributed by atoms with Crippen LogP contribution in [0, 0.1) is 0 Å². The molecule has 0 fully saturated rings. The van der Waals surface area contributed by atoms with Crippen molar-refractivity contribution in [3.05, 3.63) is 18.2 Å². The second-order valence-electron chi connectivity index (χ2n) is 3.67. The quantitative estimate of drug-likeness (QED) is 0.899. The van der Waals surface area contributed by atoms with Crippen LogP contribution >= 0.6 is 11.5 Å². The maximum absolute atomic E-state index is 5.59. The summed E-state index contributed by atoms with van der Waals surface area (Å²) in [6.45, 7) is 2.72. The van der Waals surface area contributed by atoms with E-state index in [0.29, 0.717) is 23.3 Å². The van der Waals surface area contributed by atoms with E-state index in [0.717, 1.165) is 17.7 Å². The van der Waals surface area contributed by atoms with Crippen LogP contribution in [0.3, 0.4) is 0 Å². The van der Waals surface area contributed by atoms with E-state index < -0.39 is 0 Å². The van der Waals surface area contributed by atoms with Gasteiger partial charge >= 0.3 is 0 Å². The van der Waals surface area contributed by atoms with Crippen molar-refractivity contribution in [2.45, 2.75) is 13.3 Å². The molecule has 2 rings (SSSR count).